The first-order valence-electron chi connectivity index (χ1n) is 6.25. The molecule has 1 aromatic heterocycles. The van der Waals surface area contributed by atoms with Gasteiger partial charge in [-0.15, -0.1) is 0 Å². The molecule has 0 saturated carbocycles. The molecule has 0 bridgehead atoms. The van der Waals surface area contributed by atoms with E-state index in [4.69, 9.17) is 18.0 Å². The fourth-order valence-electron chi connectivity index (χ4n) is 1.35. The normalized spacial score (nSPS) is 10.3. The lowest BCUT2D eigenvalue weighted by Crippen LogP contribution is -2.28. The van der Waals surface area contributed by atoms with Crippen molar-refractivity contribution in [1.29, 1.82) is 0 Å². The zero-order chi connectivity index (χ0) is 14.3. The first-order chi connectivity index (χ1) is 8.99. The Labute approximate surface area is 119 Å². The number of hydrogen-bond acceptors (Lipinski definition) is 4. The van der Waals surface area contributed by atoms with Crippen LogP contribution in [0.25, 0.3) is 0 Å². The highest BCUT2D eigenvalue weighted by molar-refractivity contribution is 7.80. The van der Waals surface area contributed by atoms with Crippen LogP contribution in [0.4, 0.5) is 5.82 Å². The van der Waals surface area contributed by atoms with Crippen LogP contribution >= 0.6 is 12.2 Å². The Bertz CT molecular complexity index is 431. The van der Waals surface area contributed by atoms with Crippen molar-refractivity contribution in [2.24, 2.45) is 11.7 Å². The number of hydrogen-bond donors (Lipinski definition) is 3. The van der Waals surface area contributed by atoms with Gasteiger partial charge in [0.05, 0.1) is 0 Å². The molecule has 1 heterocycles. The summed E-state index contributed by atoms with van der Waals surface area (Å²) in [5.41, 5.74) is 6.21. The number of nitrogens with zero attached hydrogens (tertiary/aromatic N) is 1. The van der Waals surface area contributed by atoms with Crippen molar-refractivity contribution < 1.29 is 4.79 Å². The molecule has 0 aliphatic carbocycles. The number of thiocarbonyl (C=S) groups is 1. The maximum absolute atomic E-state index is 11.5. The molecule has 0 aliphatic rings. The van der Waals surface area contributed by atoms with Crippen LogP contribution in [0, 0.1) is 5.92 Å². The van der Waals surface area contributed by atoms with Gasteiger partial charge in [0.1, 0.15) is 10.8 Å². The molecule has 5 nitrogen and oxygen atoms in total. The van der Waals surface area contributed by atoms with Crippen molar-refractivity contribution in [1.82, 2.24) is 10.3 Å². The number of nitrogens with two attached hydrogens (primary N) is 1. The van der Waals surface area contributed by atoms with E-state index >= 15 is 0 Å². The average molecular weight is 280 g/mol. The van der Waals surface area contributed by atoms with Crippen LogP contribution < -0.4 is 16.4 Å². The maximum Gasteiger partial charge on any atom is 0.221 e. The molecule has 0 saturated heterocycles. The van der Waals surface area contributed by atoms with Crippen LogP contribution in [0.5, 0.6) is 0 Å². The van der Waals surface area contributed by atoms with Crippen molar-refractivity contribution >= 4 is 28.9 Å². The van der Waals surface area contributed by atoms with Gasteiger partial charge in [0, 0.05) is 31.3 Å². The van der Waals surface area contributed by atoms with Crippen LogP contribution in [0.15, 0.2) is 18.3 Å². The van der Waals surface area contributed by atoms with E-state index < -0.39 is 0 Å². The summed E-state index contributed by atoms with van der Waals surface area (Å²) in [4.78, 5) is 16.0. The second kappa shape index (κ2) is 7.68. The van der Waals surface area contributed by atoms with E-state index in [1.54, 1.807) is 18.3 Å². The van der Waals surface area contributed by atoms with Gasteiger partial charge in [0.25, 0.3) is 0 Å². The minimum absolute atomic E-state index is 0.0426. The van der Waals surface area contributed by atoms with Crippen LogP contribution in [0.2, 0.25) is 0 Å². The molecule has 0 spiro atoms. The standard InChI is InChI=1S/C13H20N4OS/c1-9(2)7-17-12(18)5-6-15-11-4-3-10(8-16-11)13(14)19/h3-4,8-9H,5-7H2,1-2H3,(H2,14,19)(H,15,16)(H,17,18). The van der Waals surface area contributed by atoms with Gasteiger partial charge < -0.3 is 16.4 Å². The van der Waals surface area contributed by atoms with Crippen molar-refractivity contribution in [2.75, 3.05) is 18.4 Å². The molecule has 104 valence electrons. The lowest BCUT2D eigenvalue weighted by atomic mass is 10.2. The summed E-state index contributed by atoms with van der Waals surface area (Å²) in [6.07, 6.45) is 2.04. The molecule has 0 atom stereocenters. The van der Waals surface area contributed by atoms with E-state index in [-0.39, 0.29) is 5.91 Å². The Kier molecular flexibility index (Phi) is 6.21. The second-order valence-electron chi connectivity index (χ2n) is 4.67. The number of anilines is 1. The highest BCUT2D eigenvalue weighted by atomic mass is 32.1. The lowest BCUT2D eigenvalue weighted by molar-refractivity contribution is -0.120. The van der Waals surface area contributed by atoms with E-state index in [1.165, 1.54) is 0 Å². The van der Waals surface area contributed by atoms with Crippen LogP contribution in [0.1, 0.15) is 25.8 Å². The zero-order valence-corrected chi connectivity index (χ0v) is 12.1. The van der Waals surface area contributed by atoms with Gasteiger partial charge in [-0.25, -0.2) is 4.98 Å². The summed E-state index contributed by atoms with van der Waals surface area (Å²) in [6, 6.07) is 3.59. The number of carbonyl (C=O) groups excluding carboxylic acids is 1. The SMILES string of the molecule is CC(C)CNC(=O)CCNc1ccc(C(N)=S)cn1. The van der Waals surface area contributed by atoms with Crippen molar-refractivity contribution in [3.05, 3.63) is 23.9 Å². The van der Waals surface area contributed by atoms with Crippen LogP contribution in [-0.4, -0.2) is 29.0 Å². The first kappa shape index (κ1) is 15.4. The van der Waals surface area contributed by atoms with Gasteiger partial charge in [0.15, 0.2) is 0 Å². The molecule has 0 radical (unpaired) electrons. The average Bonchev–Trinajstić information content (AvgIpc) is 2.37. The second-order valence-corrected chi connectivity index (χ2v) is 5.11. The Morgan fingerprint density at radius 1 is 1.47 bits per heavy atom. The molecular formula is C13H20N4OS. The number of carbonyl (C=O) groups is 1. The Hall–Kier alpha value is -1.69. The van der Waals surface area contributed by atoms with E-state index in [9.17, 15) is 4.79 Å². The van der Waals surface area contributed by atoms with Gasteiger partial charge in [0.2, 0.25) is 5.91 Å². The monoisotopic (exact) mass is 280 g/mol. The summed E-state index contributed by atoms with van der Waals surface area (Å²) < 4.78 is 0. The number of nitrogens with one attached hydrogen (secondary N) is 2. The van der Waals surface area contributed by atoms with Crippen LogP contribution in [-0.2, 0) is 4.79 Å². The Morgan fingerprint density at radius 2 is 2.21 bits per heavy atom. The first-order valence-corrected chi connectivity index (χ1v) is 6.66. The molecule has 0 aliphatic heterocycles. The molecule has 0 unspecified atom stereocenters. The molecule has 1 amide bonds. The summed E-state index contributed by atoms with van der Waals surface area (Å²) in [7, 11) is 0. The summed E-state index contributed by atoms with van der Waals surface area (Å²) in [5, 5.41) is 5.93. The number of aromatic nitrogens is 1. The van der Waals surface area contributed by atoms with Gasteiger partial charge in [-0.2, -0.15) is 0 Å². The molecule has 6 heteroatoms. The number of amides is 1. The largest absolute Gasteiger partial charge is 0.389 e. The minimum Gasteiger partial charge on any atom is -0.389 e. The summed E-state index contributed by atoms with van der Waals surface area (Å²) in [5.74, 6) is 1.21. The molecule has 1 rings (SSSR count). The zero-order valence-electron chi connectivity index (χ0n) is 11.3. The van der Waals surface area contributed by atoms with Crippen molar-refractivity contribution in [3.63, 3.8) is 0 Å². The third-order valence-electron chi connectivity index (χ3n) is 2.41. The van der Waals surface area contributed by atoms with Crippen molar-refractivity contribution in [2.45, 2.75) is 20.3 Å². The predicted octanol–water partition coefficient (Wildman–Crippen LogP) is 1.29. The molecule has 0 fully saturated rings. The van der Waals surface area contributed by atoms with E-state index in [0.29, 0.717) is 36.2 Å². The Morgan fingerprint density at radius 3 is 2.74 bits per heavy atom. The van der Waals surface area contributed by atoms with Gasteiger partial charge in [-0.05, 0) is 18.1 Å². The highest BCUT2D eigenvalue weighted by Crippen LogP contribution is 2.04. The minimum atomic E-state index is 0.0426. The predicted molar refractivity (Wildman–Crippen MR) is 81.1 cm³/mol. The summed E-state index contributed by atoms with van der Waals surface area (Å²) in [6.45, 7) is 5.38. The van der Waals surface area contributed by atoms with Gasteiger partial charge in [-0.3, -0.25) is 4.79 Å². The Balaban J connectivity index is 2.29. The highest BCUT2D eigenvalue weighted by Gasteiger charge is 2.02. The molecule has 0 aromatic carbocycles. The quantitative estimate of drug-likeness (QED) is 0.656. The number of pyridine rings is 1. The lowest BCUT2D eigenvalue weighted by Gasteiger charge is -2.08. The smallest absolute Gasteiger partial charge is 0.221 e. The summed E-state index contributed by atoms with van der Waals surface area (Å²) >= 11 is 4.84. The fraction of sp³-hybridized carbons (Fsp3) is 0.462. The number of rotatable bonds is 7. The molecular weight excluding hydrogens is 260 g/mol. The third-order valence-corrected chi connectivity index (χ3v) is 2.65. The van der Waals surface area contributed by atoms with Gasteiger partial charge in [-0.1, -0.05) is 26.1 Å². The molecule has 1 aromatic rings. The van der Waals surface area contributed by atoms with Crippen molar-refractivity contribution in [3.8, 4) is 0 Å². The van der Waals surface area contributed by atoms with E-state index in [0.717, 1.165) is 5.56 Å². The third kappa shape index (κ3) is 6.15. The molecule has 19 heavy (non-hydrogen) atoms. The van der Waals surface area contributed by atoms with Gasteiger partial charge >= 0.3 is 0 Å². The topological polar surface area (TPSA) is 80.0 Å². The van der Waals surface area contributed by atoms with E-state index in [1.807, 2.05) is 0 Å². The fourth-order valence-corrected chi connectivity index (χ4v) is 1.48. The van der Waals surface area contributed by atoms with E-state index in [2.05, 4.69) is 29.5 Å². The maximum atomic E-state index is 11.5. The van der Waals surface area contributed by atoms with Crippen LogP contribution in [0.3, 0.4) is 0 Å². The molecule has 4 N–H and O–H groups in total.